The molecule has 0 radical (unpaired) electrons. The average Bonchev–Trinajstić information content (AvgIpc) is 2.57. The molecule has 0 aliphatic heterocycles. The van der Waals surface area contributed by atoms with Crippen molar-refractivity contribution in [2.24, 2.45) is 13.0 Å². The molecule has 90 valence electrons. The van der Waals surface area contributed by atoms with Gasteiger partial charge in [-0.05, 0) is 12.3 Å². The monoisotopic (exact) mass is 225 g/mol. The summed E-state index contributed by atoms with van der Waals surface area (Å²) in [5.74, 6) is -0.434. The molecule has 1 rings (SSSR count). The Balaban J connectivity index is 2.50. The summed E-state index contributed by atoms with van der Waals surface area (Å²) in [6, 6.07) is -0.491. The fraction of sp³-hybridized carbons (Fsp3) is 0.636. The molecule has 0 spiro atoms. The molecule has 1 heterocycles. The van der Waals surface area contributed by atoms with Gasteiger partial charge in [-0.25, -0.2) is 4.98 Å². The van der Waals surface area contributed by atoms with Gasteiger partial charge < -0.3 is 9.67 Å². The lowest BCUT2D eigenvalue weighted by Crippen LogP contribution is -2.37. The van der Waals surface area contributed by atoms with E-state index in [1.54, 1.807) is 12.5 Å². The molecule has 0 fully saturated rings. The predicted molar refractivity (Wildman–Crippen MR) is 60.9 cm³/mol. The standard InChI is InChI=1S/C11H19N3O2/c1-8(2)4-10(11(15)16)13-6-9-5-12-7-14(9)3/h5,7-8,10,13H,4,6H2,1-3H3,(H,15,16). The molecule has 5 heteroatoms. The van der Waals surface area contributed by atoms with E-state index in [1.165, 1.54) is 0 Å². The Morgan fingerprint density at radius 2 is 2.31 bits per heavy atom. The van der Waals surface area contributed by atoms with Gasteiger partial charge in [0, 0.05) is 19.8 Å². The van der Waals surface area contributed by atoms with Crippen LogP contribution >= 0.6 is 0 Å². The van der Waals surface area contributed by atoms with Gasteiger partial charge in [-0.1, -0.05) is 13.8 Å². The van der Waals surface area contributed by atoms with E-state index in [1.807, 2.05) is 25.5 Å². The molecule has 1 unspecified atom stereocenters. The Bertz CT molecular complexity index is 347. The van der Waals surface area contributed by atoms with Crippen LogP contribution < -0.4 is 5.32 Å². The zero-order valence-corrected chi connectivity index (χ0v) is 9.97. The first-order chi connectivity index (χ1) is 7.50. The summed E-state index contributed by atoms with van der Waals surface area (Å²) in [7, 11) is 1.89. The number of aryl methyl sites for hydroxylation is 1. The summed E-state index contributed by atoms with van der Waals surface area (Å²) < 4.78 is 1.88. The highest BCUT2D eigenvalue weighted by atomic mass is 16.4. The maximum Gasteiger partial charge on any atom is 0.320 e. The predicted octanol–water partition coefficient (Wildman–Crippen LogP) is 1.01. The highest BCUT2D eigenvalue weighted by molar-refractivity contribution is 5.73. The topological polar surface area (TPSA) is 67.2 Å². The first kappa shape index (κ1) is 12.7. The van der Waals surface area contributed by atoms with Crippen molar-refractivity contribution in [1.82, 2.24) is 14.9 Å². The Morgan fingerprint density at radius 1 is 1.62 bits per heavy atom. The second-order valence-corrected chi connectivity index (χ2v) is 4.40. The van der Waals surface area contributed by atoms with E-state index in [-0.39, 0.29) is 0 Å². The second-order valence-electron chi connectivity index (χ2n) is 4.40. The number of nitrogens with zero attached hydrogens (tertiary/aromatic N) is 2. The molecule has 0 aliphatic rings. The number of imidazole rings is 1. The Hall–Kier alpha value is -1.36. The molecule has 5 nitrogen and oxygen atoms in total. The van der Waals surface area contributed by atoms with Gasteiger partial charge in [-0.15, -0.1) is 0 Å². The van der Waals surface area contributed by atoms with Crippen LogP contribution in [0.25, 0.3) is 0 Å². The Morgan fingerprint density at radius 3 is 2.75 bits per heavy atom. The highest BCUT2D eigenvalue weighted by Crippen LogP contribution is 2.06. The first-order valence-electron chi connectivity index (χ1n) is 5.42. The fourth-order valence-electron chi connectivity index (χ4n) is 1.53. The summed E-state index contributed by atoms with van der Waals surface area (Å²) in [6.45, 7) is 4.56. The average molecular weight is 225 g/mol. The molecule has 0 aromatic carbocycles. The molecule has 16 heavy (non-hydrogen) atoms. The van der Waals surface area contributed by atoms with Gasteiger partial charge in [-0.2, -0.15) is 0 Å². The van der Waals surface area contributed by atoms with E-state index in [2.05, 4.69) is 10.3 Å². The number of nitrogens with one attached hydrogen (secondary N) is 1. The highest BCUT2D eigenvalue weighted by Gasteiger charge is 2.18. The van der Waals surface area contributed by atoms with Gasteiger partial charge in [0.1, 0.15) is 6.04 Å². The third kappa shape index (κ3) is 3.66. The number of rotatable bonds is 6. The third-order valence-corrected chi connectivity index (χ3v) is 2.45. The van der Waals surface area contributed by atoms with E-state index in [4.69, 9.17) is 5.11 Å². The lowest BCUT2D eigenvalue weighted by atomic mass is 10.0. The van der Waals surface area contributed by atoms with Crippen LogP contribution in [0.2, 0.25) is 0 Å². The number of hydrogen-bond donors (Lipinski definition) is 2. The van der Waals surface area contributed by atoms with Crippen LogP contribution in [0.15, 0.2) is 12.5 Å². The molecule has 0 saturated heterocycles. The van der Waals surface area contributed by atoms with E-state index in [0.717, 1.165) is 5.69 Å². The molecular formula is C11H19N3O2. The molecule has 0 aliphatic carbocycles. The lowest BCUT2D eigenvalue weighted by Gasteiger charge is -2.16. The molecule has 0 amide bonds. The zero-order valence-electron chi connectivity index (χ0n) is 9.97. The van der Waals surface area contributed by atoms with Crippen LogP contribution in [-0.2, 0) is 18.4 Å². The quantitative estimate of drug-likeness (QED) is 0.758. The lowest BCUT2D eigenvalue weighted by molar-refractivity contribution is -0.140. The van der Waals surface area contributed by atoms with Gasteiger partial charge in [0.2, 0.25) is 0 Å². The fourth-order valence-corrected chi connectivity index (χ4v) is 1.53. The van der Waals surface area contributed by atoms with Crippen LogP contribution in [-0.4, -0.2) is 26.7 Å². The summed E-state index contributed by atoms with van der Waals surface area (Å²) in [5.41, 5.74) is 0.981. The zero-order chi connectivity index (χ0) is 12.1. The van der Waals surface area contributed by atoms with Crippen LogP contribution in [0.3, 0.4) is 0 Å². The smallest absolute Gasteiger partial charge is 0.320 e. The van der Waals surface area contributed by atoms with Crippen molar-refractivity contribution in [2.45, 2.75) is 32.9 Å². The maximum atomic E-state index is 11.0. The van der Waals surface area contributed by atoms with Gasteiger partial charge in [0.05, 0.1) is 12.0 Å². The van der Waals surface area contributed by atoms with Gasteiger partial charge >= 0.3 is 5.97 Å². The number of aromatic nitrogens is 2. The van der Waals surface area contributed by atoms with Crippen molar-refractivity contribution >= 4 is 5.97 Å². The second kappa shape index (κ2) is 5.65. The summed E-state index contributed by atoms with van der Waals surface area (Å²) in [5, 5.41) is 12.1. The molecule has 0 bridgehead atoms. The SMILES string of the molecule is CC(C)CC(NCc1cncn1C)C(=O)O. The number of carboxylic acids is 1. The minimum Gasteiger partial charge on any atom is -0.480 e. The Kier molecular flexibility index (Phi) is 4.49. The van der Waals surface area contributed by atoms with Crippen LogP contribution in [0.4, 0.5) is 0 Å². The molecule has 2 N–H and O–H groups in total. The Labute approximate surface area is 95.5 Å². The van der Waals surface area contributed by atoms with E-state index in [0.29, 0.717) is 18.9 Å². The number of aliphatic carboxylic acids is 1. The largest absolute Gasteiger partial charge is 0.480 e. The van der Waals surface area contributed by atoms with Gasteiger partial charge in [0.25, 0.3) is 0 Å². The van der Waals surface area contributed by atoms with E-state index < -0.39 is 12.0 Å². The molecule has 1 atom stereocenters. The van der Waals surface area contributed by atoms with Crippen molar-refractivity contribution in [3.8, 4) is 0 Å². The maximum absolute atomic E-state index is 11.0. The first-order valence-corrected chi connectivity index (χ1v) is 5.42. The van der Waals surface area contributed by atoms with Crippen molar-refractivity contribution in [3.63, 3.8) is 0 Å². The number of carbonyl (C=O) groups is 1. The molecule has 0 saturated carbocycles. The number of hydrogen-bond acceptors (Lipinski definition) is 3. The van der Waals surface area contributed by atoms with Crippen LogP contribution in [0.1, 0.15) is 26.0 Å². The summed E-state index contributed by atoms with van der Waals surface area (Å²) in [4.78, 5) is 15.0. The van der Waals surface area contributed by atoms with Crippen molar-refractivity contribution in [3.05, 3.63) is 18.2 Å². The summed E-state index contributed by atoms with van der Waals surface area (Å²) >= 11 is 0. The minimum atomic E-state index is -0.795. The van der Waals surface area contributed by atoms with E-state index >= 15 is 0 Å². The molecule has 1 aromatic rings. The van der Waals surface area contributed by atoms with Crippen molar-refractivity contribution in [2.75, 3.05) is 0 Å². The molecular weight excluding hydrogens is 206 g/mol. The normalized spacial score (nSPS) is 13.0. The van der Waals surface area contributed by atoms with Crippen molar-refractivity contribution in [1.29, 1.82) is 0 Å². The van der Waals surface area contributed by atoms with Crippen LogP contribution in [0, 0.1) is 5.92 Å². The summed E-state index contributed by atoms with van der Waals surface area (Å²) in [6.07, 6.45) is 4.07. The third-order valence-electron chi connectivity index (χ3n) is 2.45. The van der Waals surface area contributed by atoms with E-state index in [9.17, 15) is 4.79 Å². The molecule has 1 aromatic heterocycles. The van der Waals surface area contributed by atoms with Gasteiger partial charge in [0.15, 0.2) is 0 Å². The minimum absolute atomic E-state index is 0.361. The van der Waals surface area contributed by atoms with Gasteiger partial charge in [-0.3, -0.25) is 10.1 Å². The van der Waals surface area contributed by atoms with Crippen LogP contribution in [0.5, 0.6) is 0 Å². The number of carboxylic acid groups (broad SMARTS) is 1. The van der Waals surface area contributed by atoms with Crippen molar-refractivity contribution < 1.29 is 9.90 Å².